The van der Waals surface area contributed by atoms with Gasteiger partial charge in [0.1, 0.15) is 5.82 Å². The number of aryl methyl sites for hydroxylation is 2. The molecule has 7 nitrogen and oxygen atoms in total. The number of hydrogen-bond donors (Lipinski definition) is 0. The molecular weight excluding hydrogens is 352 g/mol. The molecule has 0 radical (unpaired) electrons. The van der Waals surface area contributed by atoms with Gasteiger partial charge in [-0.15, -0.1) is 0 Å². The smallest absolute Gasteiger partial charge is 0.224 e. The second-order valence-electron chi connectivity index (χ2n) is 7.42. The van der Waals surface area contributed by atoms with Gasteiger partial charge in [0.15, 0.2) is 0 Å². The predicted molar refractivity (Wildman–Crippen MR) is 106 cm³/mol. The molecule has 4 rings (SSSR count). The molecule has 1 amide bonds. The van der Waals surface area contributed by atoms with Crippen LogP contribution in [0.15, 0.2) is 49.2 Å². The Balaban J connectivity index is 1.38. The number of nitrogens with zero attached hydrogens (tertiary/aromatic N) is 6. The van der Waals surface area contributed by atoms with E-state index < -0.39 is 0 Å². The fourth-order valence-electron chi connectivity index (χ4n) is 3.87. The zero-order valence-corrected chi connectivity index (χ0v) is 16.2. The highest BCUT2D eigenvalue weighted by atomic mass is 16.2. The first-order chi connectivity index (χ1) is 13.7. The van der Waals surface area contributed by atoms with Crippen molar-refractivity contribution in [1.29, 1.82) is 0 Å². The fourth-order valence-corrected chi connectivity index (χ4v) is 3.87. The summed E-state index contributed by atoms with van der Waals surface area (Å²) in [5.41, 5.74) is 2.13. The predicted octanol–water partition coefficient (Wildman–Crippen LogP) is 2.63. The zero-order chi connectivity index (χ0) is 19.3. The molecule has 28 heavy (non-hydrogen) atoms. The molecular formula is C21H26N6O. The molecule has 0 aromatic carbocycles. The molecule has 1 aliphatic heterocycles. The van der Waals surface area contributed by atoms with Crippen molar-refractivity contribution in [2.24, 2.45) is 0 Å². The summed E-state index contributed by atoms with van der Waals surface area (Å²) in [5, 5.41) is 4.36. The molecule has 1 fully saturated rings. The van der Waals surface area contributed by atoms with Crippen molar-refractivity contribution in [3.05, 3.63) is 66.3 Å². The van der Waals surface area contributed by atoms with Crippen LogP contribution in [0.1, 0.15) is 42.3 Å². The molecule has 0 saturated carbocycles. The van der Waals surface area contributed by atoms with E-state index in [1.165, 1.54) is 0 Å². The van der Waals surface area contributed by atoms with Gasteiger partial charge in [0.25, 0.3) is 0 Å². The minimum Gasteiger partial charge on any atom is -0.342 e. The van der Waals surface area contributed by atoms with Gasteiger partial charge in [-0.2, -0.15) is 5.10 Å². The normalized spacial score (nSPS) is 17.0. The van der Waals surface area contributed by atoms with Crippen LogP contribution in [0.3, 0.4) is 0 Å². The maximum Gasteiger partial charge on any atom is 0.224 e. The first-order valence-electron chi connectivity index (χ1n) is 9.87. The molecule has 1 aliphatic rings. The number of rotatable bonds is 6. The van der Waals surface area contributed by atoms with E-state index in [-0.39, 0.29) is 11.8 Å². The third-order valence-electron chi connectivity index (χ3n) is 5.29. The molecule has 0 bridgehead atoms. The van der Waals surface area contributed by atoms with Gasteiger partial charge in [-0.05, 0) is 37.5 Å². The number of pyridine rings is 1. The van der Waals surface area contributed by atoms with Crippen molar-refractivity contribution in [3.8, 4) is 0 Å². The van der Waals surface area contributed by atoms with E-state index in [4.69, 9.17) is 0 Å². The summed E-state index contributed by atoms with van der Waals surface area (Å²) in [5.74, 6) is 1.53. The summed E-state index contributed by atoms with van der Waals surface area (Å²) < 4.78 is 4.03. The molecule has 3 aromatic heterocycles. The standard InChI is InChI=1S/C21H26N6O/c1-17-6-11-27(24-17)12-7-20(28)25-10-3-5-19(16-25)21-23-9-13-26(21)15-18-4-2-8-22-14-18/h2,4,6,8-9,11,13-14,19H,3,5,7,10,12,15-16H2,1H3. The largest absolute Gasteiger partial charge is 0.342 e. The number of piperidine rings is 1. The van der Waals surface area contributed by atoms with E-state index in [0.717, 1.165) is 49.6 Å². The van der Waals surface area contributed by atoms with Crippen molar-refractivity contribution in [2.75, 3.05) is 13.1 Å². The fraction of sp³-hybridized carbons (Fsp3) is 0.429. The van der Waals surface area contributed by atoms with Crippen LogP contribution in [-0.2, 0) is 17.9 Å². The van der Waals surface area contributed by atoms with E-state index in [0.29, 0.717) is 13.0 Å². The summed E-state index contributed by atoms with van der Waals surface area (Å²) in [6, 6.07) is 5.99. The highest BCUT2D eigenvalue weighted by Crippen LogP contribution is 2.26. The molecule has 3 aromatic rings. The molecule has 1 atom stereocenters. The Labute approximate surface area is 165 Å². The van der Waals surface area contributed by atoms with Gasteiger partial charge >= 0.3 is 0 Å². The number of likely N-dealkylation sites (tertiary alicyclic amines) is 1. The molecule has 146 valence electrons. The van der Waals surface area contributed by atoms with Crippen LogP contribution < -0.4 is 0 Å². The number of carbonyl (C=O) groups is 1. The third-order valence-corrected chi connectivity index (χ3v) is 5.29. The van der Waals surface area contributed by atoms with E-state index >= 15 is 0 Å². The van der Waals surface area contributed by atoms with Crippen molar-refractivity contribution in [2.45, 2.75) is 45.2 Å². The highest BCUT2D eigenvalue weighted by molar-refractivity contribution is 5.76. The van der Waals surface area contributed by atoms with E-state index in [1.807, 2.05) is 53.4 Å². The van der Waals surface area contributed by atoms with Crippen molar-refractivity contribution in [1.82, 2.24) is 29.2 Å². The molecule has 0 spiro atoms. The SMILES string of the molecule is Cc1ccn(CCC(=O)N2CCCC(c3nccn3Cc3cccnc3)C2)n1. The van der Waals surface area contributed by atoms with Gasteiger partial charge in [0.05, 0.1) is 12.2 Å². The number of carbonyl (C=O) groups excluding carboxylic acids is 1. The molecule has 7 heteroatoms. The summed E-state index contributed by atoms with van der Waals surface area (Å²) in [7, 11) is 0. The Kier molecular flexibility index (Phi) is 5.50. The van der Waals surface area contributed by atoms with Gasteiger partial charge in [-0.1, -0.05) is 6.07 Å². The van der Waals surface area contributed by atoms with E-state index in [1.54, 1.807) is 6.20 Å². The lowest BCUT2D eigenvalue weighted by atomic mass is 9.96. The summed E-state index contributed by atoms with van der Waals surface area (Å²) in [4.78, 5) is 23.5. The van der Waals surface area contributed by atoms with Crippen LogP contribution in [0.2, 0.25) is 0 Å². The molecule has 1 unspecified atom stereocenters. The van der Waals surface area contributed by atoms with E-state index in [2.05, 4.69) is 25.7 Å². The van der Waals surface area contributed by atoms with Crippen LogP contribution in [0.5, 0.6) is 0 Å². The van der Waals surface area contributed by atoms with Crippen molar-refractivity contribution < 1.29 is 4.79 Å². The summed E-state index contributed by atoms with van der Waals surface area (Å²) in [6.07, 6.45) is 12.0. The quantitative estimate of drug-likeness (QED) is 0.661. The number of amides is 1. The minimum absolute atomic E-state index is 0.197. The van der Waals surface area contributed by atoms with Gasteiger partial charge < -0.3 is 9.47 Å². The Morgan fingerprint density at radius 3 is 2.96 bits per heavy atom. The number of hydrogen-bond acceptors (Lipinski definition) is 4. The second-order valence-corrected chi connectivity index (χ2v) is 7.42. The lowest BCUT2D eigenvalue weighted by Gasteiger charge is -2.33. The maximum atomic E-state index is 12.7. The van der Waals surface area contributed by atoms with Crippen LogP contribution in [0.4, 0.5) is 0 Å². The molecule has 1 saturated heterocycles. The average molecular weight is 378 g/mol. The topological polar surface area (TPSA) is 68.8 Å². The molecule has 4 heterocycles. The van der Waals surface area contributed by atoms with Crippen LogP contribution >= 0.6 is 0 Å². The summed E-state index contributed by atoms with van der Waals surface area (Å²) >= 11 is 0. The van der Waals surface area contributed by atoms with Gasteiger partial charge in [-0.25, -0.2) is 4.98 Å². The lowest BCUT2D eigenvalue weighted by Crippen LogP contribution is -2.40. The third kappa shape index (κ3) is 4.30. The number of aromatic nitrogens is 5. The maximum absolute atomic E-state index is 12.7. The van der Waals surface area contributed by atoms with Crippen LogP contribution in [0, 0.1) is 6.92 Å². The first kappa shape index (κ1) is 18.4. The van der Waals surface area contributed by atoms with Gasteiger partial charge in [0.2, 0.25) is 5.91 Å². The Morgan fingerprint density at radius 1 is 1.25 bits per heavy atom. The molecule has 0 N–H and O–H groups in total. The van der Waals surface area contributed by atoms with Crippen LogP contribution in [0.25, 0.3) is 0 Å². The Morgan fingerprint density at radius 2 is 2.18 bits per heavy atom. The van der Waals surface area contributed by atoms with Crippen molar-refractivity contribution >= 4 is 5.91 Å². The highest BCUT2D eigenvalue weighted by Gasteiger charge is 2.27. The zero-order valence-electron chi connectivity index (χ0n) is 16.2. The second kappa shape index (κ2) is 8.37. The van der Waals surface area contributed by atoms with Crippen LogP contribution in [-0.4, -0.2) is 48.2 Å². The van der Waals surface area contributed by atoms with Gasteiger partial charge in [0, 0.05) is 63.0 Å². The van der Waals surface area contributed by atoms with E-state index in [9.17, 15) is 4.79 Å². The Hall–Kier alpha value is -2.96. The minimum atomic E-state index is 0.197. The first-order valence-corrected chi connectivity index (χ1v) is 9.87. The van der Waals surface area contributed by atoms with Crippen molar-refractivity contribution in [3.63, 3.8) is 0 Å². The number of imidazole rings is 1. The lowest BCUT2D eigenvalue weighted by molar-refractivity contribution is -0.132. The van der Waals surface area contributed by atoms with Gasteiger partial charge in [-0.3, -0.25) is 14.5 Å². The summed E-state index contributed by atoms with van der Waals surface area (Å²) in [6.45, 7) is 4.91. The average Bonchev–Trinajstić information content (AvgIpc) is 3.36. The Bertz CT molecular complexity index is 916. The molecule has 0 aliphatic carbocycles. The monoisotopic (exact) mass is 378 g/mol.